The standard InChI is InChI=1S/C8H12F3N3O/c9-8(10,11)7(15)4-6(2-1-3-6)13-5(12)14-7/h15H,1-4H2,(H3,12,13,14)/t7-/m1/s1. The minimum Gasteiger partial charge on any atom is -0.370 e. The summed E-state index contributed by atoms with van der Waals surface area (Å²) in [4.78, 5) is 3.08. The molecule has 0 amide bonds. The summed E-state index contributed by atoms with van der Waals surface area (Å²) in [6.45, 7) is 0. The maximum atomic E-state index is 12.6. The fourth-order valence-corrected chi connectivity index (χ4v) is 2.12. The van der Waals surface area contributed by atoms with Crippen molar-refractivity contribution in [3.05, 3.63) is 0 Å². The van der Waals surface area contributed by atoms with E-state index < -0.39 is 23.9 Å². The van der Waals surface area contributed by atoms with E-state index in [-0.39, 0.29) is 5.96 Å². The highest BCUT2D eigenvalue weighted by atomic mass is 19.4. The highest BCUT2D eigenvalue weighted by Crippen LogP contribution is 2.46. The van der Waals surface area contributed by atoms with E-state index in [9.17, 15) is 18.3 Å². The second-order valence-corrected chi connectivity index (χ2v) is 4.25. The largest absolute Gasteiger partial charge is 0.438 e. The normalized spacial score (nSPS) is 34.3. The Bertz CT molecular complexity index is 311. The maximum absolute atomic E-state index is 12.6. The topological polar surface area (TPSA) is 70.6 Å². The molecule has 1 atom stereocenters. The minimum atomic E-state index is -4.78. The molecule has 1 aliphatic carbocycles. The number of aliphatic imine (C=N–C) groups is 1. The fraction of sp³-hybridized carbons (Fsp3) is 0.875. The molecule has 2 aliphatic rings. The summed E-state index contributed by atoms with van der Waals surface area (Å²) in [5.41, 5.74) is 1.53. The molecule has 1 saturated carbocycles. The molecule has 0 aromatic heterocycles. The Morgan fingerprint density at radius 3 is 2.40 bits per heavy atom. The number of hydrogen-bond donors (Lipinski definition) is 3. The summed E-state index contributed by atoms with van der Waals surface area (Å²) in [7, 11) is 0. The molecule has 1 aliphatic heterocycles. The molecule has 0 aromatic carbocycles. The number of halogens is 3. The number of alkyl halides is 3. The van der Waals surface area contributed by atoms with Crippen molar-refractivity contribution in [2.75, 3.05) is 0 Å². The average Bonchev–Trinajstić information content (AvgIpc) is 1.97. The second-order valence-electron chi connectivity index (χ2n) is 4.25. The molecule has 1 spiro atoms. The van der Waals surface area contributed by atoms with Crippen LogP contribution in [0.15, 0.2) is 4.99 Å². The zero-order valence-corrected chi connectivity index (χ0v) is 7.93. The zero-order valence-electron chi connectivity index (χ0n) is 7.93. The lowest BCUT2D eigenvalue weighted by atomic mass is 9.71. The summed E-state index contributed by atoms with van der Waals surface area (Å²) in [5.74, 6) is -0.333. The Morgan fingerprint density at radius 1 is 1.40 bits per heavy atom. The first kappa shape index (κ1) is 10.5. The first-order valence-corrected chi connectivity index (χ1v) is 4.69. The Morgan fingerprint density at radius 2 is 2.00 bits per heavy atom. The first-order valence-electron chi connectivity index (χ1n) is 4.69. The van der Waals surface area contributed by atoms with Crippen LogP contribution in [0.1, 0.15) is 25.7 Å². The minimum absolute atomic E-state index is 0.333. The predicted molar refractivity (Wildman–Crippen MR) is 47.0 cm³/mol. The van der Waals surface area contributed by atoms with Gasteiger partial charge in [-0.3, -0.25) is 0 Å². The molecular formula is C8H12F3N3O. The van der Waals surface area contributed by atoms with Gasteiger partial charge in [0.15, 0.2) is 5.96 Å². The van der Waals surface area contributed by atoms with Gasteiger partial charge in [-0.1, -0.05) is 0 Å². The summed E-state index contributed by atoms with van der Waals surface area (Å²) >= 11 is 0. The summed E-state index contributed by atoms with van der Waals surface area (Å²) in [6.07, 6.45) is -3.22. The Kier molecular flexibility index (Phi) is 1.95. The van der Waals surface area contributed by atoms with Gasteiger partial charge in [-0.05, 0) is 19.3 Å². The van der Waals surface area contributed by atoms with E-state index in [1.165, 1.54) is 0 Å². The molecule has 1 fully saturated rings. The van der Waals surface area contributed by atoms with Crippen molar-refractivity contribution in [2.24, 2.45) is 10.7 Å². The van der Waals surface area contributed by atoms with Crippen LogP contribution in [0, 0.1) is 0 Å². The monoisotopic (exact) mass is 223 g/mol. The number of nitrogens with one attached hydrogen (secondary N) is 1. The smallest absolute Gasteiger partial charge is 0.370 e. The lowest BCUT2D eigenvalue weighted by Crippen LogP contribution is -2.66. The van der Waals surface area contributed by atoms with Gasteiger partial charge in [-0.15, -0.1) is 0 Å². The van der Waals surface area contributed by atoms with E-state index >= 15 is 0 Å². The molecule has 1 heterocycles. The van der Waals surface area contributed by atoms with Crippen molar-refractivity contribution in [1.29, 1.82) is 0 Å². The quantitative estimate of drug-likeness (QED) is 0.559. The van der Waals surface area contributed by atoms with Crippen LogP contribution in [0.4, 0.5) is 13.2 Å². The number of hydrogen-bond acceptors (Lipinski definition) is 4. The lowest BCUT2D eigenvalue weighted by Gasteiger charge is -2.49. The SMILES string of the molecule is NC1=N[C@](O)(C(F)(F)F)CC2(CCC2)N1. The van der Waals surface area contributed by atoms with Crippen LogP contribution in [0.2, 0.25) is 0 Å². The predicted octanol–water partition coefficient (Wildman–Crippen LogP) is 0.468. The van der Waals surface area contributed by atoms with Crippen LogP contribution in [0.5, 0.6) is 0 Å². The number of aliphatic hydroxyl groups is 1. The van der Waals surface area contributed by atoms with Gasteiger partial charge >= 0.3 is 6.18 Å². The summed E-state index contributed by atoms with van der Waals surface area (Å²) < 4.78 is 37.7. The number of rotatable bonds is 0. The molecule has 4 nitrogen and oxygen atoms in total. The van der Waals surface area contributed by atoms with Crippen LogP contribution in [-0.4, -0.2) is 28.5 Å². The van der Waals surface area contributed by atoms with Crippen molar-refractivity contribution < 1.29 is 18.3 Å². The van der Waals surface area contributed by atoms with Gasteiger partial charge < -0.3 is 16.2 Å². The van der Waals surface area contributed by atoms with Gasteiger partial charge in [0, 0.05) is 12.0 Å². The maximum Gasteiger partial charge on any atom is 0.438 e. The van der Waals surface area contributed by atoms with Crippen LogP contribution in [0.3, 0.4) is 0 Å². The van der Waals surface area contributed by atoms with Gasteiger partial charge in [0.25, 0.3) is 5.72 Å². The number of guanidine groups is 1. The molecule has 15 heavy (non-hydrogen) atoms. The molecule has 86 valence electrons. The van der Waals surface area contributed by atoms with Crippen molar-refractivity contribution in [3.63, 3.8) is 0 Å². The van der Waals surface area contributed by atoms with E-state index in [1.807, 2.05) is 0 Å². The van der Waals surface area contributed by atoms with Crippen molar-refractivity contribution in [2.45, 2.75) is 43.1 Å². The van der Waals surface area contributed by atoms with Crippen molar-refractivity contribution in [1.82, 2.24) is 5.32 Å². The van der Waals surface area contributed by atoms with Crippen molar-refractivity contribution >= 4 is 5.96 Å². The van der Waals surface area contributed by atoms with Gasteiger partial charge in [-0.25, -0.2) is 4.99 Å². The third kappa shape index (κ3) is 1.54. The van der Waals surface area contributed by atoms with Crippen LogP contribution < -0.4 is 11.1 Å². The van der Waals surface area contributed by atoms with E-state index in [0.717, 1.165) is 6.42 Å². The van der Waals surface area contributed by atoms with Crippen molar-refractivity contribution in [3.8, 4) is 0 Å². The van der Waals surface area contributed by atoms with E-state index in [4.69, 9.17) is 5.73 Å². The highest BCUT2D eigenvalue weighted by molar-refractivity contribution is 5.80. The molecule has 2 rings (SSSR count). The average molecular weight is 223 g/mol. The Balaban J connectivity index is 2.30. The molecule has 0 saturated heterocycles. The summed E-state index contributed by atoms with van der Waals surface area (Å²) in [5, 5.41) is 12.2. The van der Waals surface area contributed by atoms with Gasteiger partial charge in [0.05, 0.1) is 0 Å². The molecule has 4 N–H and O–H groups in total. The van der Waals surface area contributed by atoms with E-state index in [2.05, 4.69) is 10.3 Å². The third-order valence-electron chi connectivity index (χ3n) is 3.05. The second kappa shape index (κ2) is 2.78. The zero-order chi connectivity index (χ0) is 11.3. The fourth-order valence-electron chi connectivity index (χ4n) is 2.12. The third-order valence-corrected chi connectivity index (χ3v) is 3.05. The molecule has 0 unspecified atom stereocenters. The molecule has 7 heteroatoms. The van der Waals surface area contributed by atoms with Gasteiger partial charge in [0.2, 0.25) is 0 Å². The number of nitrogens with zero attached hydrogens (tertiary/aromatic N) is 1. The van der Waals surface area contributed by atoms with Crippen LogP contribution in [0.25, 0.3) is 0 Å². The van der Waals surface area contributed by atoms with Gasteiger partial charge in [-0.2, -0.15) is 13.2 Å². The summed E-state index contributed by atoms with van der Waals surface area (Å²) in [6, 6.07) is 0. The highest BCUT2D eigenvalue weighted by Gasteiger charge is 2.61. The molecule has 0 bridgehead atoms. The van der Waals surface area contributed by atoms with Gasteiger partial charge in [0.1, 0.15) is 0 Å². The van der Waals surface area contributed by atoms with E-state index in [1.54, 1.807) is 0 Å². The van der Waals surface area contributed by atoms with E-state index in [0.29, 0.717) is 12.8 Å². The molecule has 0 radical (unpaired) electrons. The molecular weight excluding hydrogens is 211 g/mol. The molecule has 0 aromatic rings. The van der Waals surface area contributed by atoms with Crippen LogP contribution in [-0.2, 0) is 0 Å². The lowest BCUT2D eigenvalue weighted by molar-refractivity contribution is -0.268. The number of nitrogens with two attached hydrogens (primary N) is 1. The first-order chi connectivity index (χ1) is 6.77. The Labute approximate surface area is 84.4 Å². The van der Waals surface area contributed by atoms with Crippen LogP contribution >= 0.6 is 0 Å². The Hall–Kier alpha value is -0.980.